The van der Waals surface area contributed by atoms with Gasteiger partial charge in [0.05, 0.1) is 12.8 Å². The summed E-state index contributed by atoms with van der Waals surface area (Å²) in [6.07, 6.45) is 5.74. The lowest BCUT2D eigenvalue weighted by atomic mass is 9.95. The Hall–Kier alpha value is -1.55. The van der Waals surface area contributed by atoms with Gasteiger partial charge in [0.1, 0.15) is 5.65 Å². The van der Waals surface area contributed by atoms with E-state index in [2.05, 4.69) is 16.5 Å². The number of rotatable bonds is 3. The van der Waals surface area contributed by atoms with Crippen LogP contribution in [0.1, 0.15) is 18.5 Å². The summed E-state index contributed by atoms with van der Waals surface area (Å²) in [5.74, 6) is 1.56. The Balaban J connectivity index is 1.84. The molecule has 2 aromatic heterocycles. The minimum atomic E-state index is 0.717. The lowest BCUT2D eigenvalue weighted by Gasteiger charge is -2.21. The molecule has 0 bridgehead atoms. The monoisotopic (exact) mass is 245 g/mol. The zero-order valence-electron chi connectivity index (χ0n) is 10.7. The molecule has 0 amide bonds. The third-order valence-electron chi connectivity index (χ3n) is 3.61. The molecule has 0 aromatic carbocycles. The summed E-state index contributed by atoms with van der Waals surface area (Å²) in [6, 6.07) is 5.96. The van der Waals surface area contributed by atoms with Gasteiger partial charge in [-0.15, -0.1) is 0 Å². The molecule has 4 heteroatoms. The van der Waals surface area contributed by atoms with E-state index in [4.69, 9.17) is 4.74 Å². The van der Waals surface area contributed by atoms with Crippen molar-refractivity contribution in [3.05, 3.63) is 30.1 Å². The van der Waals surface area contributed by atoms with Crippen LogP contribution >= 0.6 is 0 Å². The number of ether oxygens (including phenoxy) is 1. The van der Waals surface area contributed by atoms with Gasteiger partial charge in [0.2, 0.25) is 0 Å². The molecule has 18 heavy (non-hydrogen) atoms. The molecule has 96 valence electrons. The summed E-state index contributed by atoms with van der Waals surface area (Å²) in [6.45, 7) is 2.28. The van der Waals surface area contributed by atoms with Crippen LogP contribution in [-0.2, 0) is 6.42 Å². The normalized spacial score (nSPS) is 20.2. The van der Waals surface area contributed by atoms with Crippen molar-refractivity contribution in [2.24, 2.45) is 5.92 Å². The zero-order chi connectivity index (χ0) is 12.4. The molecule has 0 saturated carbocycles. The molecule has 0 aliphatic carbocycles. The van der Waals surface area contributed by atoms with E-state index in [-0.39, 0.29) is 0 Å². The van der Waals surface area contributed by atoms with Gasteiger partial charge in [-0.05, 0) is 50.4 Å². The number of hydrogen-bond donors (Lipinski definition) is 1. The highest BCUT2D eigenvalue weighted by Crippen LogP contribution is 2.19. The van der Waals surface area contributed by atoms with Crippen LogP contribution in [-0.4, -0.2) is 29.6 Å². The minimum Gasteiger partial charge on any atom is -0.482 e. The van der Waals surface area contributed by atoms with E-state index in [0.717, 1.165) is 42.6 Å². The van der Waals surface area contributed by atoms with E-state index in [0.29, 0.717) is 0 Å². The first kappa shape index (κ1) is 11.5. The van der Waals surface area contributed by atoms with E-state index in [1.54, 1.807) is 7.11 Å². The van der Waals surface area contributed by atoms with Crippen LogP contribution in [0.3, 0.4) is 0 Å². The highest BCUT2D eigenvalue weighted by atomic mass is 16.5. The van der Waals surface area contributed by atoms with Crippen LogP contribution in [0, 0.1) is 5.92 Å². The van der Waals surface area contributed by atoms with Gasteiger partial charge in [-0.1, -0.05) is 6.07 Å². The molecule has 1 unspecified atom stereocenters. The molecular weight excluding hydrogens is 226 g/mol. The molecule has 4 nitrogen and oxygen atoms in total. The quantitative estimate of drug-likeness (QED) is 0.897. The van der Waals surface area contributed by atoms with Crippen molar-refractivity contribution >= 4 is 5.65 Å². The first-order valence-electron chi connectivity index (χ1n) is 6.58. The number of nitrogens with zero attached hydrogens (tertiary/aromatic N) is 2. The molecule has 1 atom stereocenters. The highest BCUT2D eigenvalue weighted by molar-refractivity contribution is 5.43. The molecule has 1 fully saturated rings. The Labute approximate surface area is 107 Å². The largest absolute Gasteiger partial charge is 0.482 e. The van der Waals surface area contributed by atoms with Crippen molar-refractivity contribution in [2.45, 2.75) is 19.3 Å². The molecule has 1 N–H and O–H groups in total. The Morgan fingerprint density at radius 1 is 1.50 bits per heavy atom. The van der Waals surface area contributed by atoms with Crippen LogP contribution in [0.15, 0.2) is 24.4 Å². The molecule has 1 aliphatic heterocycles. The molecule has 1 aliphatic rings. The first-order chi connectivity index (χ1) is 8.86. The Morgan fingerprint density at radius 3 is 3.22 bits per heavy atom. The van der Waals surface area contributed by atoms with Gasteiger partial charge in [0.25, 0.3) is 0 Å². The van der Waals surface area contributed by atoms with Crippen LogP contribution in [0.25, 0.3) is 5.65 Å². The third-order valence-corrected chi connectivity index (χ3v) is 3.61. The second kappa shape index (κ2) is 4.98. The first-order valence-corrected chi connectivity index (χ1v) is 6.58. The number of pyridine rings is 1. The van der Waals surface area contributed by atoms with E-state index in [1.807, 2.05) is 22.6 Å². The standard InChI is InChI=1S/C14H19N3O/c1-18-14-6-2-5-13-16-12(10-17(13)14)8-11-4-3-7-15-9-11/h2,5-6,10-11,15H,3-4,7-9H2,1H3. The second-order valence-corrected chi connectivity index (χ2v) is 4.95. The maximum absolute atomic E-state index is 5.34. The molecule has 1 saturated heterocycles. The summed E-state index contributed by atoms with van der Waals surface area (Å²) in [4.78, 5) is 4.67. The zero-order valence-corrected chi connectivity index (χ0v) is 10.7. The summed E-state index contributed by atoms with van der Waals surface area (Å²) in [5.41, 5.74) is 2.13. The lowest BCUT2D eigenvalue weighted by molar-refractivity contribution is 0.373. The Bertz CT molecular complexity index is 529. The predicted molar refractivity (Wildman–Crippen MR) is 71.0 cm³/mol. The second-order valence-electron chi connectivity index (χ2n) is 4.95. The summed E-state index contributed by atoms with van der Waals surface area (Å²) in [7, 11) is 1.69. The van der Waals surface area contributed by atoms with Gasteiger partial charge in [-0.3, -0.25) is 4.40 Å². The fourth-order valence-electron chi connectivity index (χ4n) is 2.69. The van der Waals surface area contributed by atoms with E-state index in [9.17, 15) is 0 Å². The van der Waals surface area contributed by atoms with Gasteiger partial charge < -0.3 is 10.1 Å². The van der Waals surface area contributed by atoms with Crippen molar-refractivity contribution in [1.29, 1.82) is 0 Å². The molecular formula is C14H19N3O. The maximum Gasteiger partial charge on any atom is 0.198 e. The number of aromatic nitrogens is 2. The smallest absolute Gasteiger partial charge is 0.198 e. The average Bonchev–Trinajstić information content (AvgIpc) is 2.82. The van der Waals surface area contributed by atoms with Gasteiger partial charge in [-0.25, -0.2) is 4.98 Å². The van der Waals surface area contributed by atoms with Crippen molar-refractivity contribution in [2.75, 3.05) is 20.2 Å². The molecule has 3 heterocycles. The van der Waals surface area contributed by atoms with Gasteiger partial charge >= 0.3 is 0 Å². The third kappa shape index (κ3) is 2.20. The van der Waals surface area contributed by atoms with Gasteiger partial charge in [0, 0.05) is 6.20 Å². The summed E-state index contributed by atoms with van der Waals surface area (Å²) < 4.78 is 7.36. The predicted octanol–water partition coefficient (Wildman–Crippen LogP) is 1.88. The summed E-state index contributed by atoms with van der Waals surface area (Å²) >= 11 is 0. The van der Waals surface area contributed by atoms with E-state index < -0.39 is 0 Å². The summed E-state index contributed by atoms with van der Waals surface area (Å²) in [5, 5.41) is 3.45. The fourth-order valence-corrected chi connectivity index (χ4v) is 2.69. The maximum atomic E-state index is 5.34. The van der Waals surface area contributed by atoms with Crippen LogP contribution < -0.4 is 10.1 Å². The van der Waals surface area contributed by atoms with E-state index >= 15 is 0 Å². The van der Waals surface area contributed by atoms with Crippen LogP contribution in [0.5, 0.6) is 5.88 Å². The van der Waals surface area contributed by atoms with Crippen LogP contribution in [0.4, 0.5) is 0 Å². The van der Waals surface area contributed by atoms with Gasteiger partial charge in [0.15, 0.2) is 5.88 Å². The molecule has 0 spiro atoms. The van der Waals surface area contributed by atoms with Crippen molar-refractivity contribution < 1.29 is 4.74 Å². The number of fused-ring (bicyclic) bond motifs is 1. The molecule has 3 rings (SSSR count). The lowest BCUT2D eigenvalue weighted by Crippen LogP contribution is -2.30. The number of methoxy groups -OCH3 is 1. The number of hydrogen-bond acceptors (Lipinski definition) is 3. The SMILES string of the molecule is COc1cccc2nc(CC3CCCNC3)cn12. The van der Waals surface area contributed by atoms with Crippen LogP contribution in [0.2, 0.25) is 0 Å². The highest BCUT2D eigenvalue weighted by Gasteiger charge is 2.15. The Morgan fingerprint density at radius 2 is 2.44 bits per heavy atom. The number of nitrogens with one attached hydrogen (secondary N) is 1. The number of piperidine rings is 1. The van der Waals surface area contributed by atoms with Crippen molar-refractivity contribution in [3.8, 4) is 5.88 Å². The number of imidazole rings is 1. The van der Waals surface area contributed by atoms with Crippen molar-refractivity contribution in [1.82, 2.24) is 14.7 Å². The van der Waals surface area contributed by atoms with E-state index in [1.165, 1.54) is 12.8 Å². The fraction of sp³-hybridized carbons (Fsp3) is 0.500. The van der Waals surface area contributed by atoms with Crippen molar-refractivity contribution in [3.63, 3.8) is 0 Å². The average molecular weight is 245 g/mol. The minimum absolute atomic E-state index is 0.717. The van der Waals surface area contributed by atoms with Gasteiger partial charge in [-0.2, -0.15) is 0 Å². The topological polar surface area (TPSA) is 38.6 Å². The Kier molecular flexibility index (Phi) is 3.19. The molecule has 2 aromatic rings. The molecule has 0 radical (unpaired) electrons.